The molecule has 3 heterocycles. The first-order valence-electron chi connectivity index (χ1n) is 11.5. The molecule has 0 saturated heterocycles. The third kappa shape index (κ3) is 5.01. The van der Waals surface area contributed by atoms with E-state index in [1.165, 1.54) is 18.5 Å². The zero-order valence-electron chi connectivity index (χ0n) is 19.8. The van der Waals surface area contributed by atoms with Crippen LogP contribution in [0, 0.1) is 11.2 Å². The second-order valence-corrected chi connectivity index (χ2v) is 9.43. The molecule has 8 nitrogen and oxygen atoms in total. The van der Waals surface area contributed by atoms with Gasteiger partial charge in [0.25, 0.3) is 0 Å². The van der Waals surface area contributed by atoms with E-state index >= 15 is 0 Å². The van der Waals surface area contributed by atoms with Gasteiger partial charge in [-0.05, 0) is 48.5 Å². The molecule has 3 N–H and O–H groups in total. The number of anilines is 2. The van der Waals surface area contributed by atoms with Crippen molar-refractivity contribution in [2.45, 2.75) is 27.0 Å². The van der Waals surface area contributed by atoms with Crippen LogP contribution in [0.5, 0.6) is 0 Å². The zero-order chi connectivity index (χ0) is 24.4. The summed E-state index contributed by atoms with van der Waals surface area (Å²) in [5, 5.41) is 13.2. The molecule has 0 amide bonds. The Kier molecular flexibility index (Phi) is 6.19. The van der Waals surface area contributed by atoms with Crippen LogP contribution in [0.15, 0.2) is 67.3 Å². The summed E-state index contributed by atoms with van der Waals surface area (Å²) in [6.07, 6.45) is 5.23. The van der Waals surface area contributed by atoms with Gasteiger partial charge in [0.1, 0.15) is 17.7 Å². The Morgan fingerprint density at radius 2 is 2.00 bits per heavy atom. The molecule has 9 heteroatoms. The summed E-state index contributed by atoms with van der Waals surface area (Å²) in [5.41, 5.74) is 10.3. The van der Waals surface area contributed by atoms with Gasteiger partial charge >= 0.3 is 0 Å². The number of rotatable bonds is 9. The fraction of sp³-hybridized carbons (Fsp3) is 0.269. The number of hydrogen-bond donors (Lipinski definition) is 2. The molecule has 5 aromatic rings. The van der Waals surface area contributed by atoms with E-state index in [0.29, 0.717) is 32.1 Å². The van der Waals surface area contributed by atoms with Gasteiger partial charge in [-0.3, -0.25) is 4.68 Å². The predicted octanol–water partition coefficient (Wildman–Crippen LogP) is 4.51. The molecule has 0 saturated carbocycles. The molecule has 180 valence electrons. The topological polar surface area (TPSA) is 95.3 Å². The van der Waals surface area contributed by atoms with E-state index in [-0.39, 0.29) is 11.2 Å². The van der Waals surface area contributed by atoms with E-state index in [1.54, 1.807) is 10.6 Å². The lowest BCUT2D eigenvalue weighted by atomic mass is 9.95. The first-order valence-corrected chi connectivity index (χ1v) is 11.5. The van der Waals surface area contributed by atoms with Crippen LogP contribution in [0.4, 0.5) is 15.9 Å². The number of nitrogens with two attached hydrogens (primary N) is 1. The van der Waals surface area contributed by atoms with Crippen molar-refractivity contribution < 1.29 is 9.13 Å². The molecule has 0 unspecified atom stereocenters. The average Bonchev–Trinajstić information content (AvgIpc) is 3.44. The third-order valence-electron chi connectivity index (χ3n) is 5.97. The minimum Gasteiger partial charge on any atom is -0.376 e. The summed E-state index contributed by atoms with van der Waals surface area (Å²) in [7, 11) is 0. The summed E-state index contributed by atoms with van der Waals surface area (Å²) in [6.45, 7) is 6.21. The molecule has 0 fully saturated rings. The van der Waals surface area contributed by atoms with Gasteiger partial charge in [0, 0.05) is 28.2 Å². The number of halogens is 1. The van der Waals surface area contributed by atoms with Crippen molar-refractivity contribution in [1.82, 2.24) is 24.4 Å². The van der Waals surface area contributed by atoms with E-state index in [0.717, 1.165) is 33.2 Å². The van der Waals surface area contributed by atoms with Crippen molar-refractivity contribution in [3.05, 3.63) is 84.2 Å². The Bertz CT molecular complexity index is 1470. The highest BCUT2D eigenvalue weighted by atomic mass is 19.1. The molecular formula is C26H28FN7O. The van der Waals surface area contributed by atoms with Crippen LogP contribution in [0.25, 0.3) is 16.4 Å². The summed E-state index contributed by atoms with van der Waals surface area (Å²) in [5.74, 6) is 0.438. The molecule has 2 aromatic carbocycles. The van der Waals surface area contributed by atoms with Crippen LogP contribution < -0.4 is 11.1 Å². The minimum atomic E-state index is -0.250. The number of ether oxygens (including phenoxy) is 1. The quantitative estimate of drug-likeness (QED) is 0.327. The van der Waals surface area contributed by atoms with Crippen molar-refractivity contribution in [3.63, 3.8) is 0 Å². The van der Waals surface area contributed by atoms with Crippen LogP contribution in [0.3, 0.4) is 0 Å². The summed E-state index contributed by atoms with van der Waals surface area (Å²) < 4.78 is 23.2. The zero-order valence-corrected chi connectivity index (χ0v) is 19.8. The fourth-order valence-electron chi connectivity index (χ4n) is 3.96. The molecule has 0 spiro atoms. The fourth-order valence-corrected chi connectivity index (χ4v) is 3.96. The minimum absolute atomic E-state index is 0.0817. The molecular weight excluding hydrogens is 445 g/mol. The van der Waals surface area contributed by atoms with Gasteiger partial charge in [-0.1, -0.05) is 26.0 Å². The maximum Gasteiger partial charge on any atom is 0.158 e. The van der Waals surface area contributed by atoms with E-state index in [4.69, 9.17) is 10.5 Å². The van der Waals surface area contributed by atoms with Crippen molar-refractivity contribution >= 4 is 27.9 Å². The van der Waals surface area contributed by atoms with Gasteiger partial charge < -0.3 is 15.8 Å². The molecule has 0 bridgehead atoms. The summed E-state index contributed by atoms with van der Waals surface area (Å²) >= 11 is 0. The highest BCUT2D eigenvalue weighted by Crippen LogP contribution is 2.27. The number of nitrogens with zero attached hydrogens (tertiary/aromatic N) is 5. The number of nitrogens with one attached hydrogen (secondary N) is 1. The number of aromatic nitrogens is 5. The molecule has 3 aromatic heterocycles. The molecule has 0 aliphatic heterocycles. The highest BCUT2D eigenvalue weighted by Gasteiger charge is 2.17. The van der Waals surface area contributed by atoms with E-state index in [1.807, 2.05) is 47.4 Å². The standard InChI is InChI=1S/C26H28FN7O/c1-26(2,15-28)16-35-14-19-8-9-33-24(19)25(29-17-31-33)32-22-6-7-23-20(11-22)12-30-34(23)13-18-4-3-5-21(27)10-18/h3-12,17H,13-16,28H2,1-2H3,(H,29,31,32). The maximum absolute atomic E-state index is 13.6. The van der Waals surface area contributed by atoms with Gasteiger partial charge in [0.05, 0.1) is 31.5 Å². The number of benzene rings is 2. The van der Waals surface area contributed by atoms with Crippen LogP contribution >= 0.6 is 0 Å². The second-order valence-electron chi connectivity index (χ2n) is 9.43. The lowest BCUT2D eigenvalue weighted by Crippen LogP contribution is -2.28. The van der Waals surface area contributed by atoms with Crippen LogP contribution in [0.2, 0.25) is 0 Å². The van der Waals surface area contributed by atoms with Gasteiger partial charge in [0.15, 0.2) is 5.82 Å². The lowest BCUT2D eigenvalue weighted by Gasteiger charge is -2.21. The maximum atomic E-state index is 13.6. The van der Waals surface area contributed by atoms with Crippen LogP contribution in [-0.2, 0) is 17.9 Å². The van der Waals surface area contributed by atoms with Crippen LogP contribution in [-0.4, -0.2) is 37.5 Å². The lowest BCUT2D eigenvalue weighted by molar-refractivity contribution is 0.0559. The van der Waals surface area contributed by atoms with Crippen molar-refractivity contribution in [3.8, 4) is 0 Å². The average molecular weight is 474 g/mol. The van der Waals surface area contributed by atoms with Crippen molar-refractivity contribution in [2.75, 3.05) is 18.5 Å². The molecule has 0 radical (unpaired) electrons. The summed E-state index contributed by atoms with van der Waals surface area (Å²) in [6, 6.07) is 14.6. The van der Waals surface area contributed by atoms with E-state index in [9.17, 15) is 4.39 Å². The van der Waals surface area contributed by atoms with Crippen molar-refractivity contribution in [1.29, 1.82) is 0 Å². The Morgan fingerprint density at radius 3 is 2.83 bits per heavy atom. The Balaban J connectivity index is 1.37. The Morgan fingerprint density at radius 1 is 1.11 bits per heavy atom. The molecule has 0 aliphatic carbocycles. The molecule has 5 rings (SSSR count). The third-order valence-corrected chi connectivity index (χ3v) is 5.97. The van der Waals surface area contributed by atoms with Crippen LogP contribution in [0.1, 0.15) is 25.0 Å². The number of hydrogen-bond acceptors (Lipinski definition) is 6. The first-order chi connectivity index (χ1) is 16.9. The number of fused-ring (bicyclic) bond motifs is 2. The SMILES string of the molecule is CC(C)(CN)COCc1ccn2ncnc(Nc3ccc4c(cnn4Cc4cccc(F)c4)c3)c12. The molecule has 0 aliphatic rings. The molecule has 0 atom stereocenters. The Labute approximate surface area is 202 Å². The smallest absolute Gasteiger partial charge is 0.158 e. The summed E-state index contributed by atoms with van der Waals surface area (Å²) in [4.78, 5) is 4.48. The first kappa shape index (κ1) is 22.9. The van der Waals surface area contributed by atoms with Gasteiger partial charge in [0.2, 0.25) is 0 Å². The normalized spacial score (nSPS) is 12.0. The van der Waals surface area contributed by atoms with Crippen molar-refractivity contribution in [2.24, 2.45) is 11.1 Å². The monoisotopic (exact) mass is 473 g/mol. The Hall–Kier alpha value is -3.82. The van der Waals surface area contributed by atoms with E-state index < -0.39 is 0 Å². The van der Waals surface area contributed by atoms with Gasteiger partial charge in [-0.15, -0.1) is 0 Å². The largest absolute Gasteiger partial charge is 0.376 e. The second kappa shape index (κ2) is 9.44. The van der Waals surface area contributed by atoms with E-state index in [2.05, 4.69) is 34.3 Å². The van der Waals surface area contributed by atoms with Gasteiger partial charge in [-0.25, -0.2) is 13.9 Å². The van der Waals surface area contributed by atoms with Gasteiger partial charge in [-0.2, -0.15) is 10.2 Å². The predicted molar refractivity (Wildman–Crippen MR) is 134 cm³/mol. The highest BCUT2D eigenvalue weighted by molar-refractivity contribution is 5.85. The molecule has 35 heavy (non-hydrogen) atoms.